The second kappa shape index (κ2) is 8.50. The van der Waals surface area contributed by atoms with Crippen LogP contribution < -0.4 is 10.2 Å². The first-order valence-corrected chi connectivity index (χ1v) is 13.5. The van der Waals surface area contributed by atoms with Crippen LogP contribution >= 0.6 is 0 Å². The van der Waals surface area contributed by atoms with Gasteiger partial charge in [-0.2, -0.15) is 0 Å². The molecule has 8 rings (SSSR count). The van der Waals surface area contributed by atoms with Crippen LogP contribution in [0, 0.1) is 11.3 Å². The third-order valence-corrected chi connectivity index (χ3v) is 9.03. The molecular formula is C34H28N2O3. The van der Waals surface area contributed by atoms with Gasteiger partial charge in [-0.25, -0.2) is 4.90 Å². The van der Waals surface area contributed by atoms with Crippen LogP contribution in [0.4, 0.5) is 11.4 Å². The number of amides is 3. The van der Waals surface area contributed by atoms with Crippen LogP contribution in [0.1, 0.15) is 63.9 Å². The first-order valence-electron chi connectivity index (χ1n) is 13.5. The number of hydrogen-bond acceptors (Lipinski definition) is 3. The molecule has 1 heterocycles. The van der Waals surface area contributed by atoms with E-state index in [0.29, 0.717) is 11.3 Å². The van der Waals surface area contributed by atoms with Gasteiger partial charge in [-0.1, -0.05) is 79.7 Å². The van der Waals surface area contributed by atoms with E-state index in [-0.39, 0.29) is 29.6 Å². The van der Waals surface area contributed by atoms with Crippen molar-refractivity contribution in [3.05, 3.63) is 130 Å². The van der Waals surface area contributed by atoms with Crippen molar-refractivity contribution in [3.63, 3.8) is 0 Å². The number of aryl methyl sites for hydroxylation is 1. The van der Waals surface area contributed by atoms with Crippen molar-refractivity contribution in [2.24, 2.45) is 11.3 Å². The molecule has 3 amide bonds. The first kappa shape index (κ1) is 23.6. The highest BCUT2D eigenvalue weighted by atomic mass is 16.2. The predicted molar refractivity (Wildman–Crippen MR) is 151 cm³/mol. The van der Waals surface area contributed by atoms with Crippen molar-refractivity contribution >= 4 is 29.1 Å². The molecule has 1 aliphatic heterocycles. The highest BCUT2D eigenvalue weighted by Crippen LogP contribution is 2.67. The standard InChI is InChI=1S/C34H28N2O3/c1-3-20-11-4-9-18-27(20)35-31(37)21-12-10-13-22(19-21)36-32(38)30-28-23-14-5-7-16-25(23)29(34(30,2)33(36)39)26-17-8-6-15-24(26)28/h4-19,28-30H,3H2,1-2H3,(H,35,37)/t28?,29?,30-,34+/m1/s1. The van der Waals surface area contributed by atoms with E-state index >= 15 is 0 Å². The van der Waals surface area contributed by atoms with E-state index in [1.54, 1.807) is 24.3 Å². The number of rotatable bonds is 4. The van der Waals surface area contributed by atoms with Gasteiger partial charge >= 0.3 is 0 Å². The Hall–Kier alpha value is -4.51. The summed E-state index contributed by atoms with van der Waals surface area (Å²) in [5.74, 6) is -1.58. The molecule has 2 atom stereocenters. The van der Waals surface area contributed by atoms with Crippen molar-refractivity contribution < 1.29 is 14.4 Å². The van der Waals surface area contributed by atoms with Crippen LogP contribution in [0.25, 0.3) is 0 Å². The molecule has 1 N–H and O–H groups in total. The van der Waals surface area contributed by atoms with E-state index in [1.807, 2.05) is 62.4 Å². The molecule has 2 bridgehead atoms. The summed E-state index contributed by atoms with van der Waals surface area (Å²) in [4.78, 5) is 43.1. The third-order valence-electron chi connectivity index (χ3n) is 9.03. The Morgan fingerprint density at radius 1 is 0.821 bits per heavy atom. The fourth-order valence-electron chi connectivity index (χ4n) is 7.29. The molecule has 1 fully saturated rings. The smallest absolute Gasteiger partial charge is 0.255 e. The number of imide groups is 1. The minimum atomic E-state index is -0.914. The fraction of sp³-hybridized carbons (Fsp3) is 0.206. The number of para-hydroxylation sites is 1. The summed E-state index contributed by atoms with van der Waals surface area (Å²) in [5, 5.41) is 3.00. The van der Waals surface area contributed by atoms with E-state index in [1.165, 1.54) is 4.90 Å². The Labute approximate surface area is 227 Å². The number of carbonyl (C=O) groups excluding carboxylic acids is 3. The van der Waals surface area contributed by atoms with Gasteiger partial charge in [0, 0.05) is 23.1 Å². The topological polar surface area (TPSA) is 66.5 Å². The van der Waals surface area contributed by atoms with E-state index in [9.17, 15) is 14.4 Å². The lowest BCUT2D eigenvalue weighted by atomic mass is 9.48. The molecular weight excluding hydrogens is 484 g/mol. The zero-order valence-electron chi connectivity index (χ0n) is 21.8. The van der Waals surface area contributed by atoms with Gasteiger partial charge in [0.05, 0.1) is 17.0 Å². The van der Waals surface area contributed by atoms with Gasteiger partial charge in [-0.3, -0.25) is 14.4 Å². The maximum absolute atomic E-state index is 14.3. The number of nitrogens with one attached hydrogen (secondary N) is 1. The second-order valence-corrected chi connectivity index (χ2v) is 10.9. The molecule has 0 unspecified atom stereocenters. The molecule has 5 nitrogen and oxygen atoms in total. The third kappa shape index (κ3) is 3.16. The molecule has 0 saturated carbocycles. The van der Waals surface area contributed by atoms with E-state index in [0.717, 1.165) is 39.9 Å². The van der Waals surface area contributed by atoms with Gasteiger partial charge in [0.25, 0.3) is 5.91 Å². The van der Waals surface area contributed by atoms with Gasteiger partial charge in [-0.05, 0) is 65.4 Å². The largest absolute Gasteiger partial charge is 0.322 e. The second-order valence-electron chi connectivity index (χ2n) is 10.9. The lowest BCUT2D eigenvalue weighted by Gasteiger charge is -2.51. The van der Waals surface area contributed by atoms with E-state index < -0.39 is 11.3 Å². The van der Waals surface area contributed by atoms with Crippen LogP contribution in [0.15, 0.2) is 97.1 Å². The van der Waals surface area contributed by atoms with Gasteiger partial charge < -0.3 is 5.32 Å². The van der Waals surface area contributed by atoms with Crippen molar-refractivity contribution in [3.8, 4) is 0 Å². The summed E-state index contributed by atoms with van der Waals surface area (Å²) in [6.45, 7) is 4.00. The molecule has 4 aromatic carbocycles. The summed E-state index contributed by atoms with van der Waals surface area (Å²) in [7, 11) is 0. The summed E-state index contributed by atoms with van der Waals surface area (Å²) in [6.07, 6.45) is 0.792. The maximum Gasteiger partial charge on any atom is 0.255 e. The lowest BCUT2D eigenvalue weighted by Crippen LogP contribution is -2.49. The summed E-state index contributed by atoms with van der Waals surface area (Å²) < 4.78 is 0. The van der Waals surface area contributed by atoms with Crippen LogP contribution in [0.5, 0.6) is 0 Å². The van der Waals surface area contributed by atoms with Gasteiger partial charge in [0.1, 0.15) is 0 Å². The Morgan fingerprint density at radius 3 is 2.10 bits per heavy atom. The Kier molecular flexibility index (Phi) is 5.14. The van der Waals surface area contributed by atoms with E-state index in [4.69, 9.17) is 0 Å². The SMILES string of the molecule is CCc1ccccc1NC(=O)c1cccc(N2C(=O)[C@H]3C4c5ccccc5C(c5ccccc54)[C@]3(C)C2=O)c1. The monoisotopic (exact) mass is 512 g/mol. The number of benzene rings is 4. The van der Waals surface area contributed by atoms with Gasteiger partial charge in [-0.15, -0.1) is 0 Å². The maximum atomic E-state index is 14.3. The average Bonchev–Trinajstić information content (AvgIpc) is 3.18. The first-order chi connectivity index (χ1) is 18.9. The normalized spacial score (nSPS) is 24.3. The van der Waals surface area contributed by atoms with Crippen LogP contribution in [0.3, 0.4) is 0 Å². The Balaban J connectivity index is 1.29. The number of nitrogens with zero attached hydrogens (tertiary/aromatic N) is 1. The zero-order chi connectivity index (χ0) is 26.9. The van der Waals surface area contributed by atoms with Crippen LogP contribution in [0.2, 0.25) is 0 Å². The molecule has 4 aromatic rings. The minimum absolute atomic E-state index is 0.189. The van der Waals surface area contributed by atoms with Crippen molar-refractivity contribution in [2.45, 2.75) is 32.1 Å². The molecule has 0 radical (unpaired) electrons. The molecule has 5 heteroatoms. The molecule has 4 aliphatic rings. The lowest BCUT2D eigenvalue weighted by molar-refractivity contribution is -0.128. The molecule has 39 heavy (non-hydrogen) atoms. The van der Waals surface area contributed by atoms with Crippen molar-refractivity contribution in [1.82, 2.24) is 0 Å². The van der Waals surface area contributed by atoms with Crippen molar-refractivity contribution in [2.75, 3.05) is 10.2 Å². The molecule has 0 spiro atoms. The quantitative estimate of drug-likeness (QED) is 0.327. The number of anilines is 2. The number of carbonyl (C=O) groups is 3. The highest BCUT2D eigenvalue weighted by Gasteiger charge is 2.68. The minimum Gasteiger partial charge on any atom is -0.322 e. The number of hydrogen-bond donors (Lipinski definition) is 1. The summed E-state index contributed by atoms with van der Waals surface area (Å²) in [6, 6.07) is 31.0. The fourth-order valence-corrected chi connectivity index (χ4v) is 7.29. The van der Waals surface area contributed by atoms with Crippen LogP contribution in [-0.4, -0.2) is 17.7 Å². The van der Waals surface area contributed by atoms with Gasteiger partial charge in [0.15, 0.2) is 0 Å². The average molecular weight is 513 g/mol. The van der Waals surface area contributed by atoms with E-state index in [2.05, 4.69) is 29.6 Å². The summed E-state index contributed by atoms with van der Waals surface area (Å²) in [5.41, 5.74) is 6.24. The molecule has 3 aliphatic carbocycles. The van der Waals surface area contributed by atoms with Gasteiger partial charge in [0.2, 0.25) is 11.8 Å². The van der Waals surface area contributed by atoms with Crippen LogP contribution in [-0.2, 0) is 16.0 Å². The Bertz CT molecular complexity index is 1640. The zero-order valence-corrected chi connectivity index (χ0v) is 21.8. The molecule has 192 valence electrons. The Morgan fingerprint density at radius 2 is 1.44 bits per heavy atom. The van der Waals surface area contributed by atoms with Crippen molar-refractivity contribution in [1.29, 1.82) is 0 Å². The molecule has 1 saturated heterocycles. The highest BCUT2D eigenvalue weighted by molar-refractivity contribution is 6.25. The molecule has 0 aromatic heterocycles. The summed E-state index contributed by atoms with van der Waals surface area (Å²) >= 11 is 0. The predicted octanol–water partition coefficient (Wildman–Crippen LogP) is 6.29.